The number of thiazole rings is 1. The van der Waals surface area contributed by atoms with Crippen molar-refractivity contribution in [3.05, 3.63) is 23.9 Å². The van der Waals surface area contributed by atoms with E-state index in [1.807, 2.05) is 6.92 Å². The number of rotatable bonds is 7. The molecule has 1 rings (SSSR count). The lowest BCUT2D eigenvalue weighted by atomic mass is 10.5. The monoisotopic (exact) mass is 290 g/mol. The van der Waals surface area contributed by atoms with Crippen LogP contribution in [0.2, 0.25) is 0 Å². The molecule has 1 aromatic rings. The Bertz CT molecular complexity index is 536. The van der Waals surface area contributed by atoms with E-state index < -0.39 is 21.7 Å². The molecule has 0 amide bonds. The van der Waals surface area contributed by atoms with Gasteiger partial charge in [0.25, 0.3) is 10.0 Å². The van der Waals surface area contributed by atoms with Gasteiger partial charge < -0.3 is 5.11 Å². The normalized spacial score (nSPS) is 11.7. The van der Waals surface area contributed by atoms with Crippen LogP contribution < -0.4 is 0 Å². The van der Waals surface area contributed by atoms with Gasteiger partial charge in [-0.2, -0.15) is 4.31 Å². The molecule has 1 N–H and O–H groups in total. The van der Waals surface area contributed by atoms with Crippen molar-refractivity contribution in [3.8, 4) is 0 Å². The molecular formula is C10H14N2O4S2. The summed E-state index contributed by atoms with van der Waals surface area (Å²) in [7, 11) is -3.82. The molecule has 18 heavy (non-hydrogen) atoms. The second kappa shape index (κ2) is 6.07. The third-order valence-electron chi connectivity index (χ3n) is 2.12. The molecule has 0 aliphatic rings. The Hall–Kier alpha value is -1.25. The van der Waals surface area contributed by atoms with Crippen molar-refractivity contribution < 1.29 is 18.3 Å². The van der Waals surface area contributed by atoms with Crippen molar-refractivity contribution in [2.75, 3.05) is 13.1 Å². The first-order valence-electron chi connectivity index (χ1n) is 5.23. The summed E-state index contributed by atoms with van der Waals surface area (Å²) >= 11 is 0.809. The molecule has 0 bridgehead atoms. The van der Waals surface area contributed by atoms with E-state index in [1.54, 1.807) is 0 Å². The molecular weight excluding hydrogens is 276 g/mol. The van der Waals surface area contributed by atoms with Gasteiger partial charge in [0.05, 0.1) is 5.51 Å². The predicted octanol–water partition coefficient (Wildman–Crippen LogP) is 1.43. The van der Waals surface area contributed by atoms with Gasteiger partial charge in [-0.15, -0.1) is 17.9 Å². The summed E-state index contributed by atoms with van der Waals surface area (Å²) < 4.78 is 25.5. The first-order chi connectivity index (χ1) is 8.45. The van der Waals surface area contributed by atoms with Crippen molar-refractivity contribution in [2.24, 2.45) is 0 Å². The van der Waals surface area contributed by atoms with Gasteiger partial charge in [-0.1, -0.05) is 13.0 Å². The molecule has 0 atom stereocenters. The Balaban J connectivity index is 3.21. The first kappa shape index (κ1) is 14.8. The molecule has 0 fully saturated rings. The molecule has 6 nitrogen and oxygen atoms in total. The maximum Gasteiger partial charge on any atom is 0.356 e. The molecule has 0 aliphatic heterocycles. The number of aromatic carboxylic acids is 1. The third kappa shape index (κ3) is 2.95. The molecule has 100 valence electrons. The molecule has 1 aromatic heterocycles. The van der Waals surface area contributed by atoms with Gasteiger partial charge in [0.1, 0.15) is 0 Å². The number of aromatic nitrogens is 1. The van der Waals surface area contributed by atoms with E-state index in [9.17, 15) is 13.2 Å². The number of sulfonamides is 1. The SMILES string of the molecule is C=CCN(CCC)S(=O)(=O)c1scnc1C(=O)O. The van der Waals surface area contributed by atoms with E-state index in [0.29, 0.717) is 13.0 Å². The van der Waals surface area contributed by atoms with Gasteiger partial charge in [0, 0.05) is 13.1 Å². The Kier molecular flexibility index (Phi) is 5.00. The van der Waals surface area contributed by atoms with Gasteiger partial charge in [0.15, 0.2) is 9.90 Å². The highest BCUT2D eigenvalue weighted by Crippen LogP contribution is 2.24. The lowest BCUT2D eigenvalue weighted by molar-refractivity contribution is 0.0687. The average Bonchev–Trinajstić information content (AvgIpc) is 2.78. The van der Waals surface area contributed by atoms with E-state index in [1.165, 1.54) is 15.9 Å². The maximum atomic E-state index is 12.3. The molecule has 0 saturated carbocycles. The minimum Gasteiger partial charge on any atom is -0.476 e. The summed E-state index contributed by atoms with van der Waals surface area (Å²) in [6.45, 7) is 5.80. The average molecular weight is 290 g/mol. The fourth-order valence-electron chi connectivity index (χ4n) is 1.38. The molecule has 0 aliphatic carbocycles. The van der Waals surface area contributed by atoms with Crippen LogP contribution >= 0.6 is 11.3 Å². The van der Waals surface area contributed by atoms with Crippen molar-refractivity contribution in [1.29, 1.82) is 0 Å². The second-order valence-corrected chi connectivity index (χ2v) is 6.43. The second-order valence-electron chi connectivity index (χ2n) is 3.45. The summed E-state index contributed by atoms with van der Waals surface area (Å²) in [5.41, 5.74) is 0.791. The van der Waals surface area contributed by atoms with E-state index >= 15 is 0 Å². The van der Waals surface area contributed by atoms with E-state index in [2.05, 4.69) is 11.6 Å². The smallest absolute Gasteiger partial charge is 0.356 e. The standard InChI is InChI=1S/C10H14N2O4S2/c1-3-5-12(6-4-2)18(15,16)10-8(9(13)14)11-7-17-10/h3,7H,1,4-6H2,2H3,(H,13,14). The highest BCUT2D eigenvalue weighted by atomic mass is 32.2. The summed E-state index contributed by atoms with van der Waals surface area (Å²) in [5, 5.41) is 8.90. The number of carbonyl (C=O) groups is 1. The van der Waals surface area contributed by atoms with Crippen LogP contribution in [0.25, 0.3) is 0 Å². The van der Waals surface area contributed by atoms with Crippen LogP contribution in [0.4, 0.5) is 0 Å². The Labute approximate surface area is 110 Å². The van der Waals surface area contributed by atoms with Gasteiger partial charge in [-0.3, -0.25) is 0 Å². The number of carboxylic acid groups (broad SMARTS) is 1. The van der Waals surface area contributed by atoms with Crippen LogP contribution in [-0.4, -0.2) is 41.9 Å². The molecule has 0 unspecified atom stereocenters. The van der Waals surface area contributed by atoms with Crippen LogP contribution in [0, 0.1) is 0 Å². The van der Waals surface area contributed by atoms with Gasteiger partial charge >= 0.3 is 5.97 Å². The highest BCUT2D eigenvalue weighted by molar-refractivity contribution is 7.91. The fraction of sp³-hybridized carbons (Fsp3) is 0.400. The third-order valence-corrected chi connectivity index (χ3v) is 5.33. The number of hydrogen-bond acceptors (Lipinski definition) is 5. The highest BCUT2D eigenvalue weighted by Gasteiger charge is 2.30. The predicted molar refractivity (Wildman–Crippen MR) is 68.3 cm³/mol. The summed E-state index contributed by atoms with van der Waals surface area (Å²) in [4.78, 5) is 14.5. The maximum absolute atomic E-state index is 12.3. The van der Waals surface area contributed by atoms with Crippen molar-refractivity contribution in [3.63, 3.8) is 0 Å². The van der Waals surface area contributed by atoms with Crippen LogP contribution in [0.15, 0.2) is 22.4 Å². The van der Waals surface area contributed by atoms with Crippen molar-refractivity contribution in [2.45, 2.75) is 17.6 Å². The number of carboxylic acids is 1. The minimum absolute atomic E-state index is 0.146. The Morgan fingerprint density at radius 3 is 2.83 bits per heavy atom. The van der Waals surface area contributed by atoms with Crippen LogP contribution in [0.3, 0.4) is 0 Å². The van der Waals surface area contributed by atoms with Gasteiger partial charge in [0.2, 0.25) is 0 Å². The van der Waals surface area contributed by atoms with E-state index in [4.69, 9.17) is 5.11 Å². The summed E-state index contributed by atoms with van der Waals surface area (Å²) in [6, 6.07) is 0. The lowest BCUT2D eigenvalue weighted by Gasteiger charge is -2.18. The van der Waals surface area contributed by atoms with Crippen molar-refractivity contribution >= 4 is 27.3 Å². The molecule has 0 radical (unpaired) electrons. The van der Waals surface area contributed by atoms with Crippen LogP contribution in [0.5, 0.6) is 0 Å². The summed E-state index contributed by atoms with van der Waals surface area (Å²) in [5.74, 6) is -1.34. The molecule has 0 saturated heterocycles. The zero-order valence-corrected chi connectivity index (χ0v) is 11.5. The van der Waals surface area contributed by atoms with Crippen LogP contribution in [0.1, 0.15) is 23.8 Å². The lowest BCUT2D eigenvalue weighted by Crippen LogP contribution is -2.32. The van der Waals surface area contributed by atoms with E-state index in [-0.39, 0.29) is 10.8 Å². The first-order valence-corrected chi connectivity index (χ1v) is 7.55. The van der Waals surface area contributed by atoms with Crippen LogP contribution in [-0.2, 0) is 10.0 Å². The van der Waals surface area contributed by atoms with Gasteiger partial charge in [-0.05, 0) is 6.42 Å². The van der Waals surface area contributed by atoms with E-state index in [0.717, 1.165) is 11.3 Å². The molecule has 1 heterocycles. The molecule has 0 spiro atoms. The largest absolute Gasteiger partial charge is 0.476 e. The summed E-state index contributed by atoms with van der Waals surface area (Å²) in [6.07, 6.45) is 2.10. The molecule has 0 aromatic carbocycles. The molecule has 8 heteroatoms. The minimum atomic E-state index is -3.82. The fourth-order valence-corrected chi connectivity index (χ4v) is 4.16. The van der Waals surface area contributed by atoms with Crippen molar-refractivity contribution in [1.82, 2.24) is 9.29 Å². The topological polar surface area (TPSA) is 87.6 Å². The van der Waals surface area contributed by atoms with Gasteiger partial charge in [-0.25, -0.2) is 18.2 Å². The zero-order valence-electron chi connectivity index (χ0n) is 9.87. The number of nitrogens with zero attached hydrogens (tertiary/aromatic N) is 2. The Morgan fingerprint density at radius 1 is 1.67 bits per heavy atom. The Morgan fingerprint density at radius 2 is 2.33 bits per heavy atom. The zero-order chi connectivity index (χ0) is 13.8. The quantitative estimate of drug-likeness (QED) is 0.767. The number of hydrogen-bond donors (Lipinski definition) is 1.